The van der Waals surface area contributed by atoms with E-state index in [0.29, 0.717) is 6.54 Å². The second-order valence-corrected chi connectivity index (χ2v) is 6.07. The smallest absolute Gasteiger partial charge is 0.234 e. The lowest BCUT2D eigenvalue weighted by Gasteiger charge is -2.18. The van der Waals surface area contributed by atoms with E-state index in [4.69, 9.17) is 4.74 Å². The molecule has 2 fully saturated rings. The number of methoxy groups -OCH3 is 1. The van der Waals surface area contributed by atoms with Gasteiger partial charge in [0.2, 0.25) is 11.8 Å². The summed E-state index contributed by atoms with van der Waals surface area (Å²) in [4.78, 5) is 26.7. The van der Waals surface area contributed by atoms with Gasteiger partial charge in [0.15, 0.2) is 0 Å². The highest BCUT2D eigenvalue weighted by molar-refractivity contribution is 6.06. The normalized spacial score (nSPS) is 32.9. The van der Waals surface area contributed by atoms with E-state index in [-0.39, 0.29) is 35.5 Å². The first-order valence-electron chi connectivity index (χ1n) is 7.36. The largest absolute Gasteiger partial charge is 0.496 e. The van der Waals surface area contributed by atoms with Crippen LogP contribution in [0.1, 0.15) is 12.0 Å². The van der Waals surface area contributed by atoms with Gasteiger partial charge in [-0.25, -0.2) is 0 Å². The molecule has 2 aliphatic carbocycles. The number of fused-ring (bicyclic) bond motifs is 5. The fourth-order valence-corrected chi connectivity index (χ4v) is 4.12. The topological polar surface area (TPSA) is 46.6 Å². The lowest BCUT2D eigenvalue weighted by Crippen LogP contribution is -2.32. The van der Waals surface area contributed by atoms with E-state index < -0.39 is 0 Å². The van der Waals surface area contributed by atoms with Crippen LogP contribution < -0.4 is 4.74 Å². The van der Waals surface area contributed by atoms with Crippen LogP contribution >= 0.6 is 0 Å². The van der Waals surface area contributed by atoms with Gasteiger partial charge in [-0.05, 0) is 24.3 Å². The molecule has 2 bridgehead atoms. The molecule has 1 heterocycles. The van der Waals surface area contributed by atoms with Crippen LogP contribution in [0.25, 0.3) is 0 Å². The second kappa shape index (κ2) is 4.45. The molecule has 4 atom stereocenters. The Morgan fingerprint density at radius 2 is 1.71 bits per heavy atom. The van der Waals surface area contributed by atoms with Gasteiger partial charge in [0.05, 0.1) is 25.5 Å². The Labute approximate surface area is 123 Å². The average Bonchev–Trinajstić information content (AvgIpc) is 3.17. The molecule has 0 spiro atoms. The van der Waals surface area contributed by atoms with Crippen LogP contribution in [-0.2, 0) is 16.1 Å². The van der Waals surface area contributed by atoms with E-state index >= 15 is 0 Å². The molecule has 4 nitrogen and oxygen atoms in total. The molecule has 3 aliphatic rings. The molecule has 4 rings (SSSR count). The van der Waals surface area contributed by atoms with Gasteiger partial charge in [0, 0.05) is 5.56 Å². The fourth-order valence-electron chi connectivity index (χ4n) is 4.12. The first kappa shape index (κ1) is 12.6. The molecule has 1 aliphatic heterocycles. The molecule has 4 heteroatoms. The summed E-state index contributed by atoms with van der Waals surface area (Å²) in [5, 5.41) is 0. The number of rotatable bonds is 3. The molecule has 0 radical (unpaired) electrons. The minimum absolute atomic E-state index is 0.00671. The fraction of sp³-hybridized carbons (Fsp3) is 0.412. The monoisotopic (exact) mass is 283 g/mol. The van der Waals surface area contributed by atoms with Crippen molar-refractivity contribution in [1.82, 2.24) is 4.90 Å². The Bertz CT molecular complexity index is 621. The Kier molecular flexibility index (Phi) is 2.67. The molecule has 0 aromatic heterocycles. The number of likely N-dealkylation sites (tertiary alicyclic amines) is 1. The highest BCUT2D eigenvalue weighted by Gasteiger charge is 2.59. The molecule has 0 N–H and O–H groups in total. The molecule has 4 unspecified atom stereocenters. The molecule has 1 saturated heterocycles. The number of para-hydroxylation sites is 1. The maximum Gasteiger partial charge on any atom is 0.234 e. The van der Waals surface area contributed by atoms with Crippen molar-refractivity contribution in [3.63, 3.8) is 0 Å². The summed E-state index contributed by atoms with van der Waals surface area (Å²) in [7, 11) is 1.60. The molecule has 1 saturated carbocycles. The van der Waals surface area contributed by atoms with Gasteiger partial charge in [0.25, 0.3) is 0 Å². The van der Waals surface area contributed by atoms with Gasteiger partial charge in [-0.1, -0.05) is 30.4 Å². The van der Waals surface area contributed by atoms with Gasteiger partial charge in [-0.3, -0.25) is 14.5 Å². The second-order valence-electron chi connectivity index (χ2n) is 6.07. The number of carbonyl (C=O) groups excluding carboxylic acids is 2. The molecule has 2 amide bonds. The number of allylic oxidation sites excluding steroid dienone is 2. The third-order valence-electron chi connectivity index (χ3n) is 5.08. The van der Waals surface area contributed by atoms with Gasteiger partial charge < -0.3 is 4.74 Å². The SMILES string of the molecule is COc1ccccc1CN1C(=O)C2C3C=CC(C3)C2C1=O. The number of benzene rings is 1. The molecular weight excluding hydrogens is 266 g/mol. The van der Waals surface area contributed by atoms with Crippen molar-refractivity contribution in [2.75, 3.05) is 7.11 Å². The van der Waals surface area contributed by atoms with Gasteiger partial charge >= 0.3 is 0 Å². The van der Waals surface area contributed by atoms with E-state index in [2.05, 4.69) is 12.2 Å². The van der Waals surface area contributed by atoms with Crippen molar-refractivity contribution >= 4 is 11.8 Å². The predicted molar refractivity (Wildman–Crippen MR) is 76.3 cm³/mol. The minimum Gasteiger partial charge on any atom is -0.496 e. The van der Waals surface area contributed by atoms with Crippen molar-refractivity contribution in [1.29, 1.82) is 0 Å². The van der Waals surface area contributed by atoms with E-state index in [1.165, 1.54) is 4.90 Å². The van der Waals surface area contributed by atoms with Gasteiger partial charge in [-0.15, -0.1) is 0 Å². The summed E-state index contributed by atoms with van der Waals surface area (Å²) >= 11 is 0. The highest BCUT2D eigenvalue weighted by atomic mass is 16.5. The van der Waals surface area contributed by atoms with Crippen LogP contribution in [0, 0.1) is 23.7 Å². The summed E-state index contributed by atoms with van der Waals surface area (Å²) < 4.78 is 5.31. The standard InChI is InChI=1S/C17H17NO3/c1-21-13-5-3-2-4-12(13)9-18-16(19)14-10-6-7-11(8-10)15(14)17(18)20/h2-7,10-11,14-15H,8-9H2,1H3. The number of hydrogen-bond donors (Lipinski definition) is 0. The summed E-state index contributed by atoms with van der Waals surface area (Å²) in [6.07, 6.45) is 5.20. The Morgan fingerprint density at radius 3 is 2.33 bits per heavy atom. The van der Waals surface area contributed by atoms with Crippen LogP contribution in [0.15, 0.2) is 36.4 Å². The summed E-state index contributed by atoms with van der Waals surface area (Å²) in [5.74, 6) is 0.986. The van der Waals surface area contributed by atoms with E-state index in [1.54, 1.807) is 7.11 Å². The third kappa shape index (κ3) is 1.68. The Balaban J connectivity index is 1.63. The van der Waals surface area contributed by atoms with Crippen LogP contribution in [0.2, 0.25) is 0 Å². The summed E-state index contributed by atoms with van der Waals surface area (Å²) in [6, 6.07) is 7.54. The lowest BCUT2D eigenvalue weighted by atomic mass is 9.85. The quantitative estimate of drug-likeness (QED) is 0.629. The molecule has 1 aromatic rings. The van der Waals surface area contributed by atoms with E-state index in [0.717, 1.165) is 17.7 Å². The van der Waals surface area contributed by atoms with Crippen molar-refractivity contribution in [3.05, 3.63) is 42.0 Å². The van der Waals surface area contributed by atoms with Crippen LogP contribution in [0.3, 0.4) is 0 Å². The molecule has 21 heavy (non-hydrogen) atoms. The highest BCUT2D eigenvalue weighted by Crippen LogP contribution is 2.52. The number of nitrogens with zero attached hydrogens (tertiary/aromatic N) is 1. The lowest BCUT2D eigenvalue weighted by molar-refractivity contribution is -0.141. The van der Waals surface area contributed by atoms with Crippen LogP contribution in [0.5, 0.6) is 5.75 Å². The van der Waals surface area contributed by atoms with Crippen LogP contribution in [0.4, 0.5) is 0 Å². The number of ether oxygens (including phenoxy) is 1. The van der Waals surface area contributed by atoms with Crippen molar-refractivity contribution in [3.8, 4) is 5.75 Å². The van der Waals surface area contributed by atoms with Crippen molar-refractivity contribution in [2.24, 2.45) is 23.7 Å². The molecular formula is C17H17NO3. The Morgan fingerprint density at radius 1 is 1.10 bits per heavy atom. The number of carbonyl (C=O) groups is 2. The minimum atomic E-state index is -0.123. The Hall–Kier alpha value is -2.10. The average molecular weight is 283 g/mol. The zero-order chi connectivity index (χ0) is 14.6. The van der Waals surface area contributed by atoms with Gasteiger partial charge in [0.1, 0.15) is 5.75 Å². The van der Waals surface area contributed by atoms with Crippen LogP contribution in [-0.4, -0.2) is 23.8 Å². The zero-order valence-corrected chi connectivity index (χ0v) is 11.9. The maximum atomic E-state index is 12.6. The first-order valence-corrected chi connectivity index (χ1v) is 7.36. The molecule has 108 valence electrons. The van der Waals surface area contributed by atoms with E-state index in [1.807, 2.05) is 24.3 Å². The summed E-state index contributed by atoms with van der Waals surface area (Å²) in [5.41, 5.74) is 0.877. The van der Waals surface area contributed by atoms with Crippen molar-refractivity contribution in [2.45, 2.75) is 13.0 Å². The number of amides is 2. The van der Waals surface area contributed by atoms with Gasteiger partial charge in [-0.2, -0.15) is 0 Å². The van der Waals surface area contributed by atoms with Crippen molar-refractivity contribution < 1.29 is 14.3 Å². The molecule has 1 aromatic carbocycles. The zero-order valence-electron chi connectivity index (χ0n) is 11.9. The number of imide groups is 1. The third-order valence-corrected chi connectivity index (χ3v) is 5.08. The summed E-state index contributed by atoms with van der Waals surface area (Å²) in [6.45, 7) is 0.314. The number of hydrogen-bond acceptors (Lipinski definition) is 3. The first-order chi connectivity index (χ1) is 10.2. The predicted octanol–water partition coefficient (Wildman–Crippen LogP) is 2.00. The maximum absolute atomic E-state index is 12.6. The van der Waals surface area contributed by atoms with E-state index in [9.17, 15) is 9.59 Å².